The van der Waals surface area contributed by atoms with E-state index in [9.17, 15) is 9.90 Å². The van der Waals surface area contributed by atoms with Gasteiger partial charge in [-0.25, -0.2) is 4.68 Å². The van der Waals surface area contributed by atoms with Crippen LogP contribution < -0.4 is 10.9 Å². The number of aliphatic hydroxyl groups is 2. The zero-order valence-corrected chi connectivity index (χ0v) is 13.5. The molecule has 2 unspecified atom stereocenters. The summed E-state index contributed by atoms with van der Waals surface area (Å²) in [6.45, 7) is 1.03. The van der Waals surface area contributed by atoms with Crippen molar-refractivity contribution in [2.45, 2.75) is 32.2 Å². The van der Waals surface area contributed by atoms with E-state index in [2.05, 4.69) is 26.3 Å². The van der Waals surface area contributed by atoms with E-state index < -0.39 is 0 Å². The summed E-state index contributed by atoms with van der Waals surface area (Å²) in [4.78, 5) is 12.0. The first-order valence-corrected chi connectivity index (χ1v) is 8.18. The van der Waals surface area contributed by atoms with E-state index in [1.165, 1.54) is 17.5 Å². The third kappa shape index (κ3) is 4.05. The lowest BCUT2D eigenvalue weighted by molar-refractivity contribution is 0.141. The number of hydrogen-bond acceptors (Lipinski definition) is 5. The van der Waals surface area contributed by atoms with Crippen molar-refractivity contribution in [2.24, 2.45) is 11.8 Å². The largest absolute Gasteiger partial charge is 0.396 e. The van der Waals surface area contributed by atoms with Crippen molar-refractivity contribution in [3.05, 3.63) is 21.0 Å². The fraction of sp³-hybridized carbons (Fsp3) is 0.714. The average molecular weight is 360 g/mol. The van der Waals surface area contributed by atoms with Crippen LogP contribution in [0.3, 0.4) is 0 Å². The van der Waals surface area contributed by atoms with Gasteiger partial charge in [-0.05, 0) is 40.6 Å². The number of aliphatic hydroxyl groups excluding tert-OH is 2. The third-order valence-electron chi connectivity index (χ3n) is 4.15. The number of aromatic nitrogens is 2. The van der Waals surface area contributed by atoms with E-state index in [1.807, 2.05) is 0 Å². The number of rotatable bonds is 6. The Morgan fingerprint density at radius 2 is 2.05 bits per heavy atom. The highest BCUT2D eigenvalue weighted by Gasteiger charge is 2.24. The standard InChI is InChI=1S/C14H22BrN3O3/c15-13-12(8-17-18(5-6-19)14(13)21)16-7-10-3-1-2-4-11(10)9-20/h8,10-11,16,19-20H,1-7,9H2. The van der Waals surface area contributed by atoms with E-state index in [1.54, 1.807) is 6.20 Å². The Hall–Kier alpha value is -0.920. The second-order valence-corrected chi connectivity index (χ2v) is 6.29. The van der Waals surface area contributed by atoms with Gasteiger partial charge in [-0.1, -0.05) is 12.8 Å². The summed E-state index contributed by atoms with van der Waals surface area (Å²) in [6.07, 6.45) is 6.15. The number of hydrogen-bond donors (Lipinski definition) is 3. The van der Waals surface area contributed by atoms with Gasteiger partial charge in [-0.15, -0.1) is 0 Å². The monoisotopic (exact) mass is 359 g/mol. The molecule has 118 valence electrons. The normalized spacial score (nSPS) is 22.2. The molecule has 1 heterocycles. The van der Waals surface area contributed by atoms with Gasteiger partial charge in [0.2, 0.25) is 0 Å². The summed E-state index contributed by atoms with van der Waals surface area (Å²) in [6, 6.07) is 0. The summed E-state index contributed by atoms with van der Waals surface area (Å²) in [5.41, 5.74) is 0.410. The molecule has 21 heavy (non-hydrogen) atoms. The molecule has 1 fully saturated rings. The molecule has 0 bridgehead atoms. The third-order valence-corrected chi connectivity index (χ3v) is 4.92. The molecule has 0 aromatic carbocycles. The van der Waals surface area contributed by atoms with Gasteiger partial charge in [-0.3, -0.25) is 4.79 Å². The first-order chi connectivity index (χ1) is 10.2. The molecule has 1 saturated carbocycles. The lowest BCUT2D eigenvalue weighted by Crippen LogP contribution is -2.30. The first-order valence-electron chi connectivity index (χ1n) is 7.38. The fourth-order valence-electron chi connectivity index (χ4n) is 2.88. The van der Waals surface area contributed by atoms with Crippen molar-refractivity contribution in [1.29, 1.82) is 0 Å². The molecule has 0 radical (unpaired) electrons. The SMILES string of the molecule is O=c1c(Br)c(NCC2CCCCC2CO)cnn1CCO. The number of anilines is 1. The molecule has 2 rings (SSSR count). The van der Waals surface area contributed by atoms with Crippen LogP contribution in [0.1, 0.15) is 25.7 Å². The molecule has 1 aliphatic rings. The van der Waals surface area contributed by atoms with Crippen molar-refractivity contribution in [3.8, 4) is 0 Å². The topological polar surface area (TPSA) is 87.4 Å². The molecule has 1 aromatic heterocycles. The molecule has 0 aliphatic heterocycles. The van der Waals surface area contributed by atoms with Crippen LogP contribution in [-0.2, 0) is 6.54 Å². The minimum atomic E-state index is -0.253. The molecule has 1 aliphatic carbocycles. The van der Waals surface area contributed by atoms with Crippen molar-refractivity contribution in [3.63, 3.8) is 0 Å². The Balaban J connectivity index is 2.03. The summed E-state index contributed by atoms with van der Waals surface area (Å²) in [5.74, 6) is 0.767. The van der Waals surface area contributed by atoms with Crippen molar-refractivity contribution >= 4 is 21.6 Å². The number of nitrogens with one attached hydrogen (secondary N) is 1. The summed E-state index contributed by atoms with van der Waals surface area (Å²) >= 11 is 3.29. The predicted molar refractivity (Wildman–Crippen MR) is 84.3 cm³/mol. The molecule has 2 atom stereocenters. The van der Waals surface area contributed by atoms with Gasteiger partial charge < -0.3 is 15.5 Å². The smallest absolute Gasteiger partial charge is 0.283 e. The molecular weight excluding hydrogens is 338 g/mol. The maximum absolute atomic E-state index is 12.0. The first kappa shape index (κ1) is 16.5. The minimum Gasteiger partial charge on any atom is -0.396 e. The van der Waals surface area contributed by atoms with Gasteiger partial charge in [0.25, 0.3) is 5.56 Å². The Kier molecular flexibility index (Phi) is 6.20. The summed E-state index contributed by atoms with van der Waals surface area (Å²) < 4.78 is 1.66. The maximum Gasteiger partial charge on any atom is 0.283 e. The van der Waals surface area contributed by atoms with Gasteiger partial charge in [0.1, 0.15) is 4.47 Å². The number of nitrogens with zero attached hydrogens (tertiary/aromatic N) is 2. The van der Waals surface area contributed by atoms with E-state index in [0.717, 1.165) is 19.4 Å². The molecule has 6 nitrogen and oxygen atoms in total. The molecule has 7 heteroatoms. The lowest BCUT2D eigenvalue weighted by Gasteiger charge is -2.30. The zero-order valence-electron chi connectivity index (χ0n) is 12.0. The summed E-state index contributed by atoms with van der Waals surface area (Å²) in [7, 11) is 0. The van der Waals surface area contributed by atoms with Gasteiger partial charge in [0, 0.05) is 13.2 Å². The quantitative estimate of drug-likeness (QED) is 0.710. The molecule has 1 aromatic rings. The van der Waals surface area contributed by atoms with Gasteiger partial charge in [0.15, 0.2) is 0 Å². The van der Waals surface area contributed by atoms with Crippen LogP contribution in [0, 0.1) is 11.8 Å². The predicted octanol–water partition coefficient (Wildman–Crippen LogP) is 1.21. The Labute approximate surface area is 132 Å². The second-order valence-electron chi connectivity index (χ2n) is 5.49. The molecule has 0 amide bonds. The van der Waals surface area contributed by atoms with Crippen LogP contribution in [0.5, 0.6) is 0 Å². The van der Waals surface area contributed by atoms with Gasteiger partial charge >= 0.3 is 0 Å². The Morgan fingerprint density at radius 1 is 1.33 bits per heavy atom. The van der Waals surface area contributed by atoms with Crippen molar-refractivity contribution in [2.75, 3.05) is 25.1 Å². The second kappa shape index (κ2) is 7.91. The van der Waals surface area contributed by atoms with Gasteiger partial charge in [0.05, 0.1) is 25.0 Å². The fourth-order valence-corrected chi connectivity index (χ4v) is 3.32. The van der Waals surface area contributed by atoms with E-state index >= 15 is 0 Å². The maximum atomic E-state index is 12.0. The van der Waals surface area contributed by atoms with E-state index in [4.69, 9.17) is 5.11 Å². The highest BCUT2D eigenvalue weighted by atomic mass is 79.9. The van der Waals surface area contributed by atoms with Crippen LogP contribution in [0.4, 0.5) is 5.69 Å². The van der Waals surface area contributed by atoms with Crippen LogP contribution in [0.25, 0.3) is 0 Å². The molecule has 0 saturated heterocycles. The van der Waals surface area contributed by atoms with Crippen LogP contribution in [-0.4, -0.2) is 39.8 Å². The highest BCUT2D eigenvalue weighted by molar-refractivity contribution is 9.10. The van der Waals surface area contributed by atoms with Crippen molar-refractivity contribution in [1.82, 2.24) is 9.78 Å². The Morgan fingerprint density at radius 3 is 2.71 bits per heavy atom. The molecule has 0 spiro atoms. The summed E-state index contributed by atoms with van der Waals surface area (Å²) in [5, 5.41) is 25.6. The van der Waals surface area contributed by atoms with Gasteiger partial charge in [-0.2, -0.15) is 5.10 Å². The lowest BCUT2D eigenvalue weighted by atomic mass is 9.79. The average Bonchev–Trinajstić information content (AvgIpc) is 2.51. The van der Waals surface area contributed by atoms with Crippen LogP contribution in [0.15, 0.2) is 15.5 Å². The minimum absolute atomic E-state index is 0.119. The highest BCUT2D eigenvalue weighted by Crippen LogP contribution is 2.30. The van der Waals surface area contributed by atoms with E-state index in [-0.39, 0.29) is 25.3 Å². The molecular formula is C14H22BrN3O3. The van der Waals surface area contributed by atoms with Crippen LogP contribution >= 0.6 is 15.9 Å². The zero-order chi connectivity index (χ0) is 15.2. The van der Waals surface area contributed by atoms with E-state index in [0.29, 0.717) is 22.0 Å². The molecule has 3 N–H and O–H groups in total. The number of halogens is 1. The Bertz CT molecular complexity index is 521. The van der Waals surface area contributed by atoms with Crippen molar-refractivity contribution < 1.29 is 10.2 Å². The van der Waals surface area contributed by atoms with Crippen LogP contribution in [0.2, 0.25) is 0 Å².